The standard InChI is InChI=1S/C16H22N2O5/c1-5-23-14(19)11-8-6-7-9-12(11)17-16(21)18-13(10(2)3)15(20)22-4/h6-10,13H,5H2,1-4H3,(H2,17,18,21)/t13-/m1/s1. The highest BCUT2D eigenvalue weighted by Gasteiger charge is 2.25. The SMILES string of the molecule is CCOC(=O)c1ccccc1NC(=O)N[C@@H](C(=O)OC)C(C)C. The summed E-state index contributed by atoms with van der Waals surface area (Å²) in [5.74, 6) is -1.21. The predicted octanol–water partition coefficient (Wildman–Crippen LogP) is 2.18. The molecule has 1 rings (SSSR count). The first kappa shape index (κ1) is 18.5. The minimum absolute atomic E-state index is 0.145. The normalized spacial score (nSPS) is 11.5. The summed E-state index contributed by atoms with van der Waals surface area (Å²) in [6.07, 6.45) is 0. The Hall–Kier alpha value is -2.57. The van der Waals surface area contributed by atoms with Crippen molar-refractivity contribution in [2.45, 2.75) is 26.8 Å². The number of ether oxygens (including phenoxy) is 2. The zero-order valence-electron chi connectivity index (χ0n) is 13.7. The Balaban J connectivity index is 2.85. The second kappa shape index (κ2) is 8.77. The van der Waals surface area contributed by atoms with Crippen LogP contribution in [0.2, 0.25) is 0 Å². The molecule has 126 valence electrons. The molecular formula is C16H22N2O5. The molecule has 2 N–H and O–H groups in total. The summed E-state index contributed by atoms with van der Waals surface area (Å²) >= 11 is 0. The van der Waals surface area contributed by atoms with Crippen molar-refractivity contribution in [3.63, 3.8) is 0 Å². The first-order valence-electron chi connectivity index (χ1n) is 7.32. The molecule has 0 radical (unpaired) electrons. The van der Waals surface area contributed by atoms with Crippen LogP contribution in [0.5, 0.6) is 0 Å². The van der Waals surface area contributed by atoms with E-state index >= 15 is 0 Å². The number of anilines is 1. The van der Waals surface area contributed by atoms with Gasteiger partial charge in [0.1, 0.15) is 6.04 Å². The fourth-order valence-electron chi connectivity index (χ4n) is 1.90. The number of carbonyl (C=O) groups excluding carboxylic acids is 3. The molecule has 23 heavy (non-hydrogen) atoms. The van der Waals surface area contributed by atoms with E-state index < -0.39 is 24.0 Å². The van der Waals surface area contributed by atoms with Gasteiger partial charge in [-0.15, -0.1) is 0 Å². The fraction of sp³-hybridized carbons (Fsp3) is 0.438. The molecule has 0 unspecified atom stereocenters. The third-order valence-electron chi connectivity index (χ3n) is 3.08. The van der Waals surface area contributed by atoms with Crippen molar-refractivity contribution in [1.29, 1.82) is 0 Å². The predicted molar refractivity (Wildman–Crippen MR) is 85.2 cm³/mol. The third-order valence-corrected chi connectivity index (χ3v) is 3.08. The molecule has 0 saturated carbocycles. The van der Waals surface area contributed by atoms with Gasteiger partial charge in [0.25, 0.3) is 0 Å². The number of amides is 2. The maximum atomic E-state index is 12.1. The molecule has 0 aromatic heterocycles. The second-order valence-electron chi connectivity index (χ2n) is 5.11. The van der Waals surface area contributed by atoms with Gasteiger partial charge in [0.2, 0.25) is 0 Å². The van der Waals surface area contributed by atoms with Gasteiger partial charge < -0.3 is 20.1 Å². The van der Waals surface area contributed by atoms with E-state index in [-0.39, 0.29) is 18.1 Å². The molecule has 1 aromatic rings. The number of esters is 2. The van der Waals surface area contributed by atoms with Crippen LogP contribution >= 0.6 is 0 Å². The molecule has 7 heteroatoms. The van der Waals surface area contributed by atoms with Crippen molar-refractivity contribution in [3.05, 3.63) is 29.8 Å². The number of nitrogens with one attached hydrogen (secondary N) is 2. The van der Waals surface area contributed by atoms with Crippen LogP contribution in [0.25, 0.3) is 0 Å². The van der Waals surface area contributed by atoms with Crippen molar-refractivity contribution in [2.75, 3.05) is 19.0 Å². The van der Waals surface area contributed by atoms with Crippen molar-refractivity contribution in [3.8, 4) is 0 Å². The summed E-state index contributed by atoms with van der Waals surface area (Å²) in [4.78, 5) is 35.6. The zero-order valence-corrected chi connectivity index (χ0v) is 13.7. The lowest BCUT2D eigenvalue weighted by Crippen LogP contribution is -2.46. The van der Waals surface area contributed by atoms with Crippen molar-refractivity contribution in [2.24, 2.45) is 5.92 Å². The molecule has 0 heterocycles. The lowest BCUT2D eigenvalue weighted by molar-refractivity contribution is -0.143. The van der Waals surface area contributed by atoms with Crippen molar-refractivity contribution >= 4 is 23.7 Å². The van der Waals surface area contributed by atoms with Crippen LogP contribution in [-0.4, -0.2) is 37.7 Å². The molecule has 1 aromatic carbocycles. The van der Waals surface area contributed by atoms with E-state index in [2.05, 4.69) is 15.4 Å². The maximum Gasteiger partial charge on any atom is 0.340 e. The molecule has 0 bridgehead atoms. The van der Waals surface area contributed by atoms with Gasteiger partial charge in [-0.1, -0.05) is 26.0 Å². The summed E-state index contributed by atoms with van der Waals surface area (Å²) in [6, 6.07) is 5.09. The van der Waals surface area contributed by atoms with E-state index in [1.807, 2.05) is 0 Å². The van der Waals surface area contributed by atoms with Gasteiger partial charge in [-0.2, -0.15) is 0 Å². The largest absolute Gasteiger partial charge is 0.467 e. The van der Waals surface area contributed by atoms with Gasteiger partial charge in [0, 0.05) is 0 Å². The fourth-order valence-corrected chi connectivity index (χ4v) is 1.90. The Bertz CT molecular complexity index is 571. The topological polar surface area (TPSA) is 93.7 Å². The average molecular weight is 322 g/mol. The van der Waals surface area contributed by atoms with Crippen LogP contribution in [0.4, 0.5) is 10.5 Å². The van der Waals surface area contributed by atoms with Gasteiger partial charge in [0.15, 0.2) is 0 Å². The first-order valence-corrected chi connectivity index (χ1v) is 7.32. The number of hydrogen-bond donors (Lipinski definition) is 2. The summed E-state index contributed by atoms with van der Waals surface area (Å²) in [7, 11) is 1.26. The van der Waals surface area contributed by atoms with Crippen LogP contribution in [0.3, 0.4) is 0 Å². The number of methoxy groups -OCH3 is 1. The van der Waals surface area contributed by atoms with E-state index in [0.29, 0.717) is 5.69 Å². The van der Waals surface area contributed by atoms with E-state index in [1.165, 1.54) is 7.11 Å². The van der Waals surface area contributed by atoms with Crippen LogP contribution in [0.1, 0.15) is 31.1 Å². The zero-order chi connectivity index (χ0) is 17.4. The Morgan fingerprint density at radius 1 is 1.17 bits per heavy atom. The molecule has 0 spiro atoms. The number of benzene rings is 1. The lowest BCUT2D eigenvalue weighted by atomic mass is 10.1. The van der Waals surface area contributed by atoms with Crippen LogP contribution in [0, 0.1) is 5.92 Å². The molecule has 1 atom stereocenters. The quantitative estimate of drug-likeness (QED) is 0.783. The number of urea groups is 1. The first-order chi connectivity index (χ1) is 10.9. The number of hydrogen-bond acceptors (Lipinski definition) is 5. The Morgan fingerprint density at radius 2 is 1.83 bits per heavy atom. The van der Waals surface area contributed by atoms with Crippen molar-refractivity contribution < 1.29 is 23.9 Å². The highest BCUT2D eigenvalue weighted by atomic mass is 16.5. The third kappa shape index (κ3) is 5.28. The monoisotopic (exact) mass is 322 g/mol. The average Bonchev–Trinajstić information content (AvgIpc) is 2.52. The molecule has 0 aliphatic heterocycles. The molecule has 0 aliphatic rings. The van der Waals surface area contributed by atoms with E-state index in [9.17, 15) is 14.4 Å². The van der Waals surface area contributed by atoms with Gasteiger partial charge in [-0.3, -0.25) is 0 Å². The second-order valence-corrected chi connectivity index (χ2v) is 5.11. The van der Waals surface area contributed by atoms with E-state index in [0.717, 1.165) is 0 Å². The minimum Gasteiger partial charge on any atom is -0.467 e. The highest BCUT2D eigenvalue weighted by Crippen LogP contribution is 2.16. The maximum absolute atomic E-state index is 12.1. The summed E-state index contributed by atoms with van der Waals surface area (Å²) in [5.41, 5.74) is 0.541. The smallest absolute Gasteiger partial charge is 0.340 e. The van der Waals surface area contributed by atoms with Gasteiger partial charge >= 0.3 is 18.0 Å². The van der Waals surface area contributed by atoms with Crippen molar-refractivity contribution in [1.82, 2.24) is 5.32 Å². The Morgan fingerprint density at radius 3 is 2.39 bits per heavy atom. The number of para-hydroxylation sites is 1. The van der Waals surface area contributed by atoms with E-state index in [1.54, 1.807) is 45.0 Å². The molecular weight excluding hydrogens is 300 g/mol. The highest BCUT2D eigenvalue weighted by molar-refractivity contribution is 6.01. The molecule has 7 nitrogen and oxygen atoms in total. The molecule has 0 fully saturated rings. The minimum atomic E-state index is -0.783. The van der Waals surface area contributed by atoms with Gasteiger partial charge in [-0.25, -0.2) is 14.4 Å². The molecule has 0 saturated heterocycles. The Kier molecular flexibility index (Phi) is 7.05. The van der Waals surface area contributed by atoms with E-state index in [4.69, 9.17) is 4.74 Å². The van der Waals surface area contributed by atoms with Crippen LogP contribution < -0.4 is 10.6 Å². The van der Waals surface area contributed by atoms with Gasteiger partial charge in [-0.05, 0) is 25.0 Å². The van der Waals surface area contributed by atoms with Crippen LogP contribution in [-0.2, 0) is 14.3 Å². The summed E-state index contributed by atoms with van der Waals surface area (Å²) in [5, 5.41) is 5.09. The summed E-state index contributed by atoms with van der Waals surface area (Å²) in [6.45, 7) is 5.50. The van der Waals surface area contributed by atoms with Crippen LogP contribution in [0.15, 0.2) is 24.3 Å². The molecule has 2 amide bonds. The number of rotatable bonds is 6. The molecule has 0 aliphatic carbocycles. The summed E-state index contributed by atoms with van der Waals surface area (Å²) < 4.78 is 9.60. The lowest BCUT2D eigenvalue weighted by Gasteiger charge is -2.20. The Labute approximate surface area is 135 Å². The number of carbonyl (C=O) groups is 3. The van der Waals surface area contributed by atoms with Gasteiger partial charge in [0.05, 0.1) is 25.0 Å².